The number of nitrogens with zero attached hydrogens (tertiary/aromatic N) is 1. The van der Waals surface area contributed by atoms with Crippen molar-refractivity contribution in [3.63, 3.8) is 0 Å². The molecule has 1 heterocycles. The van der Waals surface area contributed by atoms with Crippen molar-refractivity contribution in [3.05, 3.63) is 23.0 Å². The van der Waals surface area contributed by atoms with Gasteiger partial charge in [0, 0.05) is 12.7 Å². The number of carboxylic acids is 1. The molecule has 5 N–H and O–H groups in total. The first kappa shape index (κ1) is 12.3. The van der Waals surface area contributed by atoms with Crippen LogP contribution in [0.3, 0.4) is 0 Å². The minimum atomic E-state index is -2.83. The molecule has 0 atom stereocenters. The van der Waals surface area contributed by atoms with E-state index in [2.05, 4.69) is 4.98 Å². The number of nitrogens with two attached hydrogens (primary N) is 2. The van der Waals surface area contributed by atoms with Gasteiger partial charge in [-0.05, 0) is 11.1 Å². The number of carbonyl (C=O) groups is 1. The highest BCUT2D eigenvalue weighted by atomic mass is 19.3. The normalized spacial score (nSPS) is 10.8. The Labute approximate surface area is 90.1 Å². The van der Waals surface area contributed by atoms with Gasteiger partial charge in [-0.1, -0.05) is 0 Å². The van der Waals surface area contributed by atoms with Gasteiger partial charge in [0.2, 0.25) is 0 Å². The van der Waals surface area contributed by atoms with Crippen molar-refractivity contribution in [2.24, 2.45) is 5.73 Å². The third-order valence-corrected chi connectivity index (χ3v) is 2.10. The first-order valence-electron chi connectivity index (χ1n) is 4.43. The average Bonchev–Trinajstić information content (AvgIpc) is 2.19. The van der Waals surface area contributed by atoms with E-state index in [4.69, 9.17) is 16.6 Å². The molecule has 0 unspecified atom stereocenters. The van der Waals surface area contributed by atoms with Crippen molar-refractivity contribution < 1.29 is 18.7 Å². The number of hydrogen-bond donors (Lipinski definition) is 3. The summed E-state index contributed by atoms with van der Waals surface area (Å²) < 4.78 is 24.9. The fourth-order valence-corrected chi connectivity index (χ4v) is 1.33. The minimum Gasteiger partial charge on any atom is -0.481 e. The predicted molar refractivity (Wildman–Crippen MR) is 52.8 cm³/mol. The van der Waals surface area contributed by atoms with E-state index in [-0.39, 0.29) is 17.8 Å². The number of anilines is 1. The topological polar surface area (TPSA) is 102 Å². The summed E-state index contributed by atoms with van der Waals surface area (Å²) in [4.78, 5) is 14.0. The predicted octanol–water partition coefficient (Wildman–Crippen LogP) is 0.687. The molecule has 0 bridgehead atoms. The molecule has 0 aliphatic heterocycles. The van der Waals surface area contributed by atoms with Crippen LogP contribution in [0.25, 0.3) is 0 Å². The molecular weight excluding hydrogens is 220 g/mol. The van der Waals surface area contributed by atoms with Crippen LogP contribution >= 0.6 is 0 Å². The summed E-state index contributed by atoms with van der Waals surface area (Å²) in [6, 6.07) is 0. The highest BCUT2D eigenvalue weighted by Crippen LogP contribution is 2.27. The van der Waals surface area contributed by atoms with E-state index in [9.17, 15) is 13.6 Å². The van der Waals surface area contributed by atoms with Gasteiger partial charge >= 0.3 is 5.97 Å². The van der Waals surface area contributed by atoms with Crippen molar-refractivity contribution in [2.45, 2.75) is 19.4 Å². The zero-order chi connectivity index (χ0) is 12.3. The van der Waals surface area contributed by atoms with E-state index in [0.29, 0.717) is 5.56 Å². The minimum absolute atomic E-state index is 0.00330. The summed E-state index contributed by atoms with van der Waals surface area (Å²) in [7, 11) is 0. The monoisotopic (exact) mass is 231 g/mol. The molecule has 0 aliphatic rings. The average molecular weight is 231 g/mol. The first-order chi connectivity index (χ1) is 7.47. The van der Waals surface area contributed by atoms with Gasteiger partial charge in [0.15, 0.2) is 0 Å². The number of nitrogen functional groups attached to an aromatic ring is 1. The fraction of sp³-hybridized carbons (Fsp3) is 0.333. The van der Waals surface area contributed by atoms with Crippen molar-refractivity contribution in [3.8, 4) is 0 Å². The van der Waals surface area contributed by atoms with Crippen LogP contribution in [0.15, 0.2) is 6.20 Å². The maximum atomic E-state index is 12.5. The van der Waals surface area contributed by atoms with Crippen molar-refractivity contribution >= 4 is 11.7 Å². The molecule has 0 saturated heterocycles. The Bertz CT molecular complexity index is 410. The molecule has 1 aromatic rings. The van der Waals surface area contributed by atoms with Crippen LogP contribution in [-0.4, -0.2) is 16.1 Å². The van der Waals surface area contributed by atoms with Crippen LogP contribution in [0.4, 0.5) is 14.5 Å². The smallest absolute Gasteiger partial charge is 0.307 e. The summed E-state index contributed by atoms with van der Waals surface area (Å²) in [5, 5.41) is 8.64. The SMILES string of the molecule is NCc1cnc(C(F)F)c(N)c1CC(=O)O. The van der Waals surface area contributed by atoms with E-state index >= 15 is 0 Å². The lowest BCUT2D eigenvalue weighted by Gasteiger charge is -2.12. The van der Waals surface area contributed by atoms with Crippen molar-refractivity contribution in [1.29, 1.82) is 0 Å². The Kier molecular flexibility index (Phi) is 3.73. The summed E-state index contributed by atoms with van der Waals surface area (Å²) in [5.41, 5.74) is 10.4. The maximum Gasteiger partial charge on any atom is 0.307 e. The second-order valence-electron chi connectivity index (χ2n) is 3.14. The summed E-state index contributed by atoms with van der Waals surface area (Å²) in [6.45, 7) is 0.00330. The number of halogens is 2. The molecule has 88 valence electrons. The Morgan fingerprint density at radius 2 is 2.19 bits per heavy atom. The largest absolute Gasteiger partial charge is 0.481 e. The summed E-state index contributed by atoms with van der Waals surface area (Å²) in [6.07, 6.45) is -2.14. The maximum absolute atomic E-state index is 12.5. The van der Waals surface area contributed by atoms with E-state index < -0.39 is 24.5 Å². The molecule has 0 amide bonds. The van der Waals surface area contributed by atoms with Crippen LogP contribution in [0.5, 0.6) is 0 Å². The Morgan fingerprint density at radius 3 is 2.62 bits per heavy atom. The molecule has 7 heteroatoms. The molecule has 0 radical (unpaired) electrons. The van der Waals surface area contributed by atoms with Gasteiger partial charge in [-0.15, -0.1) is 0 Å². The van der Waals surface area contributed by atoms with Gasteiger partial charge in [-0.25, -0.2) is 8.78 Å². The highest BCUT2D eigenvalue weighted by molar-refractivity contribution is 5.74. The molecule has 1 aromatic heterocycles. The van der Waals surface area contributed by atoms with Gasteiger partial charge in [0.05, 0.1) is 12.1 Å². The van der Waals surface area contributed by atoms with Gasteiger partial charge in [-0.3, -0.25) is 9.78 Å². The van der Waals surface area contributed by atoms with Crippen LogP contribution in [0.1, 0.15) is 23.2 Å². The first-order valence-corrected chi connectivity index (χ1v) is 4.43. The Balaban J connectivity index is 3.28. The standard InChI is InChI=1S/C9H11F2N3O2/c10-9(11)8-7(13)5(1-6(15)16)4(2-12)3-14-8/h3,9H,1-2,12-13H2,(H,15,16). The number of aromatic nitrogens is 1. The third kappa shape index (κ3) is 2.43. The lowest BCUT2D eigenvalue weighted by atomic mass is 10.0. The Hall–Kier alpha value is -1.76. The second-order valence-corrected chi connectivity index (χ2v) is 3.14. The molecule has 0 spiro atoms. The zero-order valence-electron chi connectivity index (χ0n) is 8.28. The molecule has 0 aliphatic carbocycles. The van der Waals surface area contributed by atoms with E-state index in [0.717, 1.165) is 6.20 Å². The van der Waals surface area contributed by atoms with Gasteiger partial charge in [-0.2, -0.15) is 0 Å². The highest BCUT2D eigenvalue weighted by Gasteiger charge is 2.19. The zero-order valence-corrected chi connectivity index (χ0v) is 8.28. The Morgan fingerprint density at radius 1 is 1.56 bits per heavy atom. The second kappa shape index (κ2) is 4.84. The molecule has 0 saturated carbocycles. The van der Waals surface area contributed by atoms with Crippen LogP contribution in [0, 0.1) is 0 Å². The lowest BCUT2D eigenvalue weighted by molar-refractivity contribution is -0.136. The molecular formula is C9H11F2N3O2. The molecule has 0 aromatic carbocycles. The fourth-order valence-electron chi connectivity index (χ4n) is 1.33. The van der Waals surface area contributed by atoms with Crippen LogP contribution in [0.2, 0.25) is 0 Å². The third-order valence-electron chi connectivity index (χ3n) is 2.10. The number of alkyl halides is 2. The molecule has 16 heavy (non-hydrogen) atoms. The van der Waals surface area contributed by atoms with Crippen molar-refractivity contribution in [1.82, 2.24) is 4.98 Å². The number of hydrogen-bond acceptors (Lipinski definition) is 4. The quantitative estimate of drug-likeness (QED) is 0.707. The van der Waals surface area contributed by atoms with Crippen LogP contribution < -0.4 is 11.5 Å². The molecule has 1 rings (SSSR count). The van der Waals surface area contributed by atoms with E-state index in [1.807, 2.05) is 0 Å². The number of pyridine rings is 1. The van der Waals surface area contributed by atoms with E-state index in [1.165, 1.54) is 0 Å². The summed E-state index contributed by atoms with van der Waals surface area (Å²) in [5.74, 6) is -1.16. The van der Waals surface area contributed by atoms with Crippen LogP contribution in [-0.2, 0) is 17.8 Å². The number of carboxylic acid groups (broad SMARTS) is 1. The van der Waals surface area contributed by atoms with Gasteiger partial charge in [0.25, 0.3) is 6.43 Å². The number of aliphatic carboxylic acids is 1. The lowest BCUT2D eigenvalue weighted by Crippen LogP contribution is -2.13. The van der Waals surface area contributed by atoms with Crippen molar-refractivity contribution in [2.75, 3.05) is 5.73 Å². The summed E-state index contributed by atoms with van der Waals surface area (Å²) >= 11 is 0. The number of rotatable bonds is 4. The van der Waals surface area contributed by atoms with E-state index in [1.54, 1.807) is 0 Å². The molecule has 5 nitrogen and oxygen atoms in total. The van der Waals surface area contributed by atoms with Gasteiger partial charge in [0.1, 0.15) is 5.69 Å². The molecule has 0 fully saturated rings. The van der Waals surface area contributed by atoms with Gasteiger partial charge < -0.3 is 16.6 Å².